The van der Waals surface area contributed by atoms with Gasteiger partial charge in [-0.3, -0.25) is 4.68 Å². The zero-order valence-electron chi connectivity index (χ0n) is 10.6. The van der Waals surface area contributed by atoms with Gasteiger partial charge >= 0.3 is 0 Å². The molecule has 96 valence electrons. The molecule has 0 saturated heterocycles. The highest BCUT2D eigenvalue weighted by molar-refractivity contribution is 5.38. The zero-order valence-corrected chi connectivity index (χ0v) is 10.6. The molecular formula is C13H14N6. The van der Waals surface area contributed by atoms with Gasteiger partial charge in [0.1, 0.15) is 5.69 Å². The van der Waals surface area contributed by atoms with Crippen LogP contribution >= 0.6 is 0 Å². The van der Waals surface area contributed by atoms with Crippen LogP contribution in [-0.2, 0) is 13.6 Å². The number of aromatic nitrogens is 5. The Morgan fingerprint density at radius 2 is 1.95 bits per heavy atom. The summed E-state index contributed by atoms with van der Waals surface area (Å²) in [4.78, 5) is 1.63. The molecule has 1 N–H and O–H groups in total. The quantitative estimate of drug-likeness (QED) is 0.768. The zero-order chi connectivity index (χ0) is 13.1. The lowest BCUT2D eigenvalue weighted by Crippen LogP contribution is -2.02. The molecule has 0 spiro atoms. The third-order valence-electron chi connectivity index (χ3n) is 2.70. The van der Waals surface area contributed by atoms with Crippen molar-refractivity contribution in [3.05, 3.63) is 54.6 Å². The molecule has 2 aromatic heterocycles. The molecule has 6 heteroatoms. The van der Waals surface area contributed by atoms with E-state index >= 15 is 0 Å². The highest BCUT2D eigenvalue weighted by Crippen LogP contribution is 2.07. The highest BCUT2D eigenvalue weighted by atomic mass is 15.5. The summed E-state index contributed by atoms with van der Waals surface area (Å²) in [7, 11) is 1.89. The molecule has 0 bridgehead atoms. The molecule has 6 nitrogen and oxygen atoms in total. The molecule has 0 aliphatic heterocycles. The van der Waals surface area contributed by atoms with Gasteiger partial charge in [-0.2, -0.15) is 20.1 Å². The largest absolute Gasteiger partial charge is 0.377 e. The number of benzene rings is 1. The second-order valence-corrected chi connectivity index (χ2v) is 4.22. The van der Waals surface area contributed by atoms with Crippen molar-refractivity contribution in [2.75, 3.05) is 5.32 Å². The molecule has 19 heavy (non-hydrogen) atoms. The maximum absolute atomic E-state index is 4.42. The first-order valence-corrected chi connectivity index (χ1v) is 6.00. The molecule has 0 radical (unpaired) electrons. The smallest absolute Gasteiger partial charge is 0.102 e. The van der Waals surface area contributed by atoms with Crippen LogP contribution in [0.3, 0.4) is 0 Å². The van der Waals surface area contributed by atoms with Gasteiger partial charge in [0.25, 0.3) is 0 Å². The first-order chi connectivity index (χ1) is 9.31. The Morgan fingerprint density at radius 3 is 2.68 bits per heavy atom. The van der Waals surface area contributed by atoms with Gasteiger partial charge in [0.05, 0.1) is 30.3 Å². The van der Waals surface area contributed by atoms with Crippen molar-refractivity contribution < 1.29 is 0 Å². The molecule has 3 rings (SSSR count). The van der Waals surface area contributed by atoms with E-state index in [1.807, 2.05) is 43.6 Å². The minimum absolute atomic E-state index is 0.624. The topological polar surface area (TPSA) is 60.6 Å². The number of nitrogens with zero attached hydrogens (tertiary/aromatic N) is 5. The molecule has 0 saturated carbocycles. The van der Waals surface area contributed by atoms with Gasteiger partial charge < -0.3 is 5.32 Å². The summed E-state index contributed by atoms with van der Waals surface area (Å²) >= 11 is 0. The van der Waals surface area contributed by atoms with Crippen LogP contribution in [0.1, 0.15) is 5.69 Å². The van der Waals surface area contributed by atoms with Crippen LogP contribution in [0.5, 0.6) is 0 Å². The first kappa shape index (κ1) is 11.5. The Bertz CT molecular complexity index is 655. The molecule has 2 heterocycles. The normalized spacial score (nSPS) is 10.6. The van der Waals surface area contributed by atoms with Gasteiger partial charge in [0, 0.05) is 13.2 Å². The van der Waals surface area contributed by atoms with E-state index in [1.54, 1.807) is 21.9 Å². The number of nitrogens with one attached hydrogen (secondary N) is 1. The predicted octanol–water partition coefficient (Wildman–Crippen LogP) is 1.61. The summed E-state index contributed by atoms with van der Waals surface area (Å²) in [6.07, 6.45) is 5.46. The molecule has 0 unspecified atom stereocenters. The van der Waals surface area contributed by atoms with Crippen molar-refractivity contribution >= 4 is 5.69 Å². The maximum atomic E-state index is 4.42. The van der Waals surface area contributed by atoms with E-state index in [0.717, 1.165) is 17.1 Å². The van der Waals surface area contributed by atoms with Crippen LogP contribution in [0, 0.1) is 0 Å². The average molecular weight is 254 g/mol. The Balaban J connectivity index is 1.68. The van der Waals surface area contributed by atoms with Crippen LogP contribution in [0.4, 0.5) is 5.69 Å². The van der Waals surface area contributed by atoms with Crippen molar-refractivity contribution in [1.82, 2.24) is 24.8 Å². The number of anilines is 1. The SMILES string of the molecule is Cn1cc(NCc2cnn(-c3ccccc3)n2)cn1. The van der Waals surface area contributed by atoms with Crippen molar-refractivity contribution in [3.8, 4) is 5.69 Å². The molecule has 3 aromatic rings. The van der Waals surface area contributed by atoms with E-state index in [-0.39, 0.29) is 0 Å². The van der Waals surface area contributed by atoms with Crippen LogP contribution in [0.25, 0.3) is 5.69 Å². The van der Waals surface area contributed by atoms with Crippen LogP contribution in [0.2, 0.25) is 0 Å². The second-order valence-electron chi connectivity index (χ2n) is 4.22. The summed E-state index contributed by atoms with van der Waals surface area (Å²) < 4.78 is 1.75. The molecule has 0 fully saturated rings. The minimum atomic E-state index is 0.624. The van der Waals surface area contributed by atoms with Crippen molar-refractivity contribution in [2.24, 2.45) is 7.05 Å². The van der Waals surface area contributed by atoms with Crippen molar-refractivity contribution in [2.45, 2.75) is 6.54 Å². The lowest BCUT2D eigenvalue weighted by molar-refractivity contribution is 0.740. The summed E-state index contributed by atoms with van der Waals surface area (Å²) in [6.45, 7) is 0.624. The van der Waals surface area contributed by atoms with Crippen molar-refractivity contribution in [1.29, 1.82) is 0 Å². The first-order valence-electron chi connectivity index (χ1n) is 6.00. The minimum Gasteiger partial charge on any atom is -0.377 e. The second kappa shape index (κ2) is 4.93. The number of aryl methyl sites for hydroxylation is 1. The Morgan fingerprint density at radius 1 is 1.11 bits per heavy atom. The lowest BCUT2D eigenvalue weighted by Gasteiger charge is -1.99. The van der Waals surface area contributed by atoms with Crippen LogP contribution in [-0.4, -0.2) is 24.8 Å². The lowest BCUT2D eigenvalue weighted by atomic mass is 10.3. The van der Waals surface area contributed by atoms with Gasteiger partial charge in [-0.1, -0.05) is 18.2 Å². The van der Waals surface area contributed by atoms with E-state index in [1.165, 1.54) is 0 Å². The Kier molecular flexibility index (Phi) is 2.97. The Hall–Kier alpha value is -2.63. The van der Waals surface area contributed by atoms with E-state index in [0.29, 0.717) is 6.54 Å². The van der Waals surface area contributed by atoms with E-state index in [2.05, 4.69) is 20.6 Å². The van der Waals surface area contributed by atoms with Gasteiger partial charge in [-0.05, 0) is 12.1 Å². The summed E-state index contributed by atoms with van der Waals surface area (Å²) in [5, 5.41) is 16.0. The highest BCUT2D eigenvalue weighted by Gasteiger charge is 2.03. The van der Waals surface area contributed by atoms with Crippen LogP contribution in [0.15, 0.2) is 48.9 Å². The van der Waals surface area contributed by atoms with E-state index in [4.69, 9.17) is 0 Å². The molecule has 1 aromatic carbocycles. The summed E-state index contributed by atoms with van der Waals surface area (Å²) in [5.74, 6) is 0. The fraction of sp³-hybridized carbons (Fsp3) is 0.154. The predicted molar refractivity (Wildman–Crippen MR) is 71.9 cm³/mol. The molecular weight excluding hydrogens is 240 g/mol. The van der Waals surface area contributed by atoms with E-state index in [9.17, 15) is 0 Å². The molecule has 0 aliphatic rings. The van der Waals surface area contributed by atoms with E-state index < -0.39 is 0 Å². The third-order valence-corrected chi connectivity index (χ3v) is 2.70. The van der Waals surface area contributed by atoms with Gasteiger partial charge in [-0.25, -0.2) is 0 Å². The Labute approximate surface area is 110 Å². The number of rotatable bonds is 4. The number of para-hydroxylation sites is 1. The average Bonchev–Trinajstić information content (AvgIpc) is 3.06. The standard InChI is InChI=1S/C13H14N6/c1-18-10-12(9-15-18)14-7-11-8-16-19(17-11)13-5-3-2-4-6-13/h2-6,8-10,14H,7H2,1H3. The van der Waals surface area contributed by atoms with Gasteiger partial charge in [-0.15, -0.1) is 0 Å². The van der Waals surface area contributed by atoms with Crippen LogP contribution < -0.4 is 5.32 Å². The summed E-state index contributed by atoms with van der Waals surface area (Å²) in [6, 6.07) is 9.84. The fourth-order valence-electron chi connectivity index (χ4n) is 1.77. The number of hydrogen-bond donors (Lipinski definition) is 1. The fourth-order valence-corrected chi connectivity index (χ4v) is 1.77. The van der Waals surface area contributed by atoms with Gasteiger partial charge in [0.2, 0.25) is 0 Å². The monoisotopic (exact) mass is 254 g/mol. The number of hydrogen-bond acceptors (Lipinski definition) is 4. The maximum Gasteiger partial charge on any atom is 0.102 e. The van der Waals surface area contributed by atoms with Gasteiger partial charge in [0.15, 0.2) is 0 Å². The molecule has 0 amide bonds. The third kappa shape index (κ3) is 2.62. The summed E-state index contributed by atoms with van der Waals surface area (Å²) in [5.41, 5.74) is 2.81. The molecule has 0 atom stereocenters. The van der Waals surface area contributed by atoms with Crippen molar-refractivity contribution in [3.63, 3.8) is 0 Å². The molecule has 0 aliphatic carbocycles.